The second kappa shape index (κ2) is 9.17. The predicted molar refractivity (Wildman–Crippen MR) is 101 cm³/mol. The highest BCUT2D eigenvalue weighted by molar-refractivity contribution is 5.91. The van der Waals surface area contributed by atoms with E-state index in [-0.39, 0.29) is 5.91 Å². The van der Waals surface area contributed by atoms with E-state index in [0.29, 0.717) is 19.6 Å². The number of ether oxygens (including phenoxy) is 1. The Balaban J connectivity index is 1.46. The Morgan fingerprint density at radius 1 is 1.23 bits per heavy atom. The van der Waals surface area contributed by atoms with Gasteiger partial charge in [0.05, 0.1) is 6.61 Å². The fourth-order valence-electron chi connectivity index (χ4n) is 3.10. The molecule has 0 spiro atoms. The van der Waals surface area contributed by atoms with Crippen LogP contribution in [0.15, 0.2) is 30.3 Å². The zero-order chi connectivity index (χ0) is 18.2. The van der Waals surface area contributed by atoms with E-state index in [1.807, 2.05) is 31.2 Å². The fourth-order valence-corrected chi connectivity index (χ4v) is 3.10. The third-order valence-corrected chi connectivity index (χ3v) is 4.45. The number of carbonyl (C=O) groups is 1. The van der Waals surface area contributed by atoms with Crippen LogP contribution in [0.1, 0.15) is 43.4 Å². The fraction of sp³-hybridized carbons (Fsp3) is 0.450. The molecule has 1 aliphatic heterocycles. The molecule has 1 aliphatic rings. The zero-order valence-electron chi connectivity index (χ0n) is 15.3. The molecule has 0 saturated carbocycles. The first kappa shape index (κ1) is 18.2. The van der Waals surface area contributed by atoms with Crippen LogP contribution in [0.3, 0.4) is 0 Å². The lowest BCUT2D eigenvalue weighted by atomic mass is 10.2. The molecule has 0 bridgehead atoms. The van der Waals surface area contributed by atoms with E-state index in [9.17, 15) is 4.79 Å². The molecule has 1 N–H and O–H groups in total. The van der Waals surface area contributed by atoms with Gasteiger partial charge in [-0.25, -0.2) is 0 Å². The minimum absolute atomic E-state index is 0.102. The summed E-state index contributed by atoms with van der Waals surface area (Å²) in [5.41, 5.74) is 0.964. The van der Waals surface area contributed by atoms with Gasteiger partial charge in [0.15, 0.2) is 0 Å². The summed E-state index contributed by atoms with van der Waals surface area (Å²) in [5, 5.41) is 11.5. The molecule has 3 rings (SSSR count). The van der Waals surface area contributed by atoms with Crippen LogP contribution in [0.5, 0.6) is 5.75 Å². The molecule has 0 saturated heterocycles. The normalized spacial score (nSPS) is 14.0. The Kier molecular flexibility index (Phi) is 6.41. The van der Waals surface area contributed by atoms with E-state index in [0.717, 1.165) is 35.9 Å². The highest BCUT2D eigenvalue weighted by atomic mass is 16.5. The zero-order valence-corrected chi connectivity index (χ0v) is 15.3. The highest BCUT2D eigenvalue weighted by Gasteiger charge is 2.14. The molecule has 138 valence electrons. The van der Waals surface area contributed by atoms with Crippen molar-refractivity contribution in [3.8, 4) is 5.75 Å². The Morgan fingerprint density at radius 3 is 2.88 bits per heavy atom. The summed E-state index contributed by atoms with van der Waals surface area (Å²) in [6.45, 7) is 4.15. The molecule has 2 heterocycles. The van der Waals surface area contributed by atoms with E-state index in [2.05, 4.69) is 20.1 Å². The molecule has 0 radical (unpaired) electrons. The molecular weight excluding hydrogens is 328 g/mol. The van der Waals surface area contributed by atoms with Crippen LogP contribution in [0.4, 0.5) is 0 Å². The number of aryl methyl sites for hydroxylation is 1. The summed E-state index contributed by atoms with van der Waals surface area (Å²) in [7, 11) is 0. The molecule has 26 heavy (non-hydrogen) atoms. The van der Waals surface area contributed by atoms with Gasteiger partial charge in [-0.05, 0) is 43.5 Å². The minimum atomic E-state index is -0.102. The molecule has 1 aromatic heterocycles. The number of hydrogen-bond acceptors (Lipinski definition) is 4. The van der Waals surface area contributed by atoms with Gasteiger partial charge >= 0.3 is 0 Å². The molecule has 1 amide bonds. The highest BCUT2D eigenvalue weighted by Crippen LogP contribution is 2.15. The van der Waals surface area contributed by atoms with Crippen molar-refractivity contribution < 1.29 is 9.53 Å². The van der Waals surface area contributed by atoms with Gasteiger partial charge in [0.1, 0.15) is 17.4 Å². The van der Waals surface area contributed by atoms with Crippen LogP contribution in [0.2, 0.25) is 0 Å². The average Bonchev–Trinajstić information content (AvgIpc) is 2.88. The van der Waals surface area contributed by atoms with Crippen molar-refractivity contribution in [3.63, 3.8) is 0 Å². The Morgan fingerprint density at radius 2 is 2.08 bits per heavy atom. The van der Waals surface area contributed by atoms with Crippen molar-refractivity contribution in [2.24, 2.45) is 0 Å². The maximum absolute atomic E-state index is 12.0. The third kappa shape index (κ3) is 4.94. The Hall–Kier alpha value is -2.63. The second-order valence-corrected chi connectivity index (χ2v) is 6.37. The number of amides is 1. The number of benzene rings is 1. The van der Waals surface area contributed by atoms with Gasteiger partial charge in [-0.2, -0.15) is 0 Å². The SMILES string of the molecule is CCOc1ccc(/C=C/C(=O)NCCc2nnc3n2CCCCC3)cc1. The molecule has 1 aromatic carbocycles. The topological polar surface area (TPSA) is 69.0 Å². The Labute approximate surface area is 154 Å². The quantitative estimate of drug-likeness (QED) is 0.776. The molecule has 6 nitrogen and oxygen atoms in total. The van der Waals surface area contributed by atoms with Crippen LogP contribution in [0.25, 0.3) is 6.08 Å². The summed E-state index contributed by atoms with van der Waals surface area (Å²) < 4.78 is 7.62. The van der Waals surface area contributed by atoms with E-state index in [1.54, 1.807) is 12.2 Å². The van der Waals surface area contributed by atoms with Crippen molar-refractivity contribution >= 4 is 12.0 Å². The van der Waals surface area contributed by atoms with Gasteiger partial charge in [-0.15, -0.1) is 10.2 Å². The van der Waals surface area contributed by atoms with Crippen molar-refractivity contribution in [2.45, 2.75) is 45.6 Å². The van der Waals surface area contributed by atoms with Crippen molar-refractivity contribution in [1.29, 1.82) is 0 Å². The van der Waals surface area contributed by atoms with E-state index in [1.165, 1.54) is 19.3 Å². The predicted octanol–water partition coefficient (Wildman–Crippen LogP) is 2.78. The van der Waals surface area contributed by atoms with Crippen LogP contribution in [-0.2, 0) is 24.2 Å². The summed E-state index contributed by atoms with van der Waals surface area (Å²) in [4.78, 5) is 12.0. The van der Waals surface area contributed by atoms with Gasteiger partial charge in [-0.1, -0.05) is 18.6 Å². The van der Waals surface area contributed by atoms with Gasteiger partial charge in [0, 0.05) is 32.0 Å². The summed E-state index contributed by atoms with van der Waals surface area (Å²) >= 11 is 0. The van der Waals surface area contributed by atoms with Crippen LogP contribution in [0, 0.1) is 0 Å². The summed E-state index contributed by atoms with van der Waals surface area (Å²) in [6, 6.07) is 7.66. The molecule has 0 aliphatic carbocycles. The first-order chi connectivity index (χ1) is 12.8. The molecule has 0 unspecified atom stereocenters. The number of aromatic nitrogens is 3. The number of carbonyl (C=O) groups excluding carboxylic acids is 1. The summed E-state index contributed by atoms with van der Waals surface area (Å²) in [6.07, 6.45) is 8.67. The lowest BCUT2D eigenvalue weighted by Gasteiger charge is -2.07. The van der Waals surface area contributed by atoms with Crippen molar-refractivity contribution in [1.82, 2.24) is 20.1 Å². The first-order valence-corrected chi connectivity index (χ1v) is 9.36. The number of hydrogen-bond donors (Lipinski definition) is 1. The largest absolute Gasteiger partial charge is 0.494 e. The van der Waals surface area contributed by atoms with Crippen molar-refractivity contribution in [2.75, 3.05) is 13.2 Å². The monoisotopic (exact) mass is 354 g/mol. The Bertz CT molecular complexity index is 750. The second-order valence-electron chi connectivity index (χ2n) is 6.37. The van der Waals surface area contributed by atoms with E-state index < -0.39 is 0 Å². The third-order valence-electron chi connectivity index (χ3n) is 4.45. The van der Waals surface area contributed by atoms with E-state index in [4.69, 9.17) is 4.74 Å². The maximum Gasteiger partial charge on any atom is 0.244 e. The number of nitrogens with zero attached hydrogens (tertiary/aromatic N) is 3. The smallest absolute Gasteiger partial charge is 0.244 e. The molecule has 6 heteroatoms. The summed E-state index contributed by atoms with van der Waals surface area (Å²) in [5.74, 6) is 2.79. The number of rotatable bonds is 7. The first-order valence-electron chi connectivity index (χ1n) is 9.36. The molecule has 2 aromatic rings. The number of nitrogens with one attached hydrogen (secondary N) is 1. The van der Waals surface area contributed by atoms with Gasteiger partial charge in [-0.3, -0.25) is 4.79 Å². The van der Waals surface area contributed by atoms with Gasteiger partial charge in [0.25, 0.3) is 0 Å². The molecule has 0 fully saturated rings. The van der Waals surface area contributed by atoms with Gasteiger partial charge < -0.3 is 14.6 Å². The average molecular weight is 354 g/mol. The lowest BCUT2D eigenvalue weighted by molar-refractivity contribution is -0.116. The standard InChI is InChI=1S/C20H26N4O2/c1-2-26-17-10-7-16(8-11-17)9-12-20(25)21-14-13-19-23-22-18-6-4-3-5-15-24(18)19/h7-12H,2-6,13-15H2,1H3,(H,21,25)/b12-9+. The lowest BCUT2D eigenvalue weighted by Crippen LogP contribution is -2.24. The minimum Gasteiger partial charge on any atom is -0.494 e. The molecular formula is C20H26N4O2. The molecule has 0 atom stereocenters. The maximum atomic E-state index is 12.0. The van der Waals surface area contributed by atoms with Crippen molar-refractivity contribution in [3.05, 3.63) is 47.6 Å². The van der Waals surface area contributed by atoms with Crippen LogP contribution in [-0.4, -0.2) is 33.8 Å². The van der Waals surface area contributed by atoms with Gasteiger partial charge in [0.2, 0.25) is 5.91 Å². The number of fused-ring (bicyclic) bond motifs is 1. The van der Waals surface area contributed by atoms with E-state index >= 15 is 0 Å². The van der Waals surface area contributed by atoms with Crippen LogP contribution < -0.4 is 10.1 Å². The van der Waals surface area contributed by atoms with Crippen LogP contribution >= 0.6 is 0 Å².